The third-order valence-electron chi connectivity index (χ3n) is 3.70. The zero-order valence-corrected chi connectivity index (χ0v) is 15.3. The molecule has 24 heavy (non-hydrogen) atoms. The number of hydrogen-bond donors (Lipinski definition) is 1. The zero-order valence-electron chi connectivity index (χ0n) is 13.7. The summed E-state index contributed by atoms with van der Waals surface area (Å²) in [5.41, 5.74) is 3.26. The van der Waals surface area contributed by atoms with Gasteiger partial charge in [0.25, 0.3) is 0 Å². The Morgan fingerprint density at radius 2 is 1.88 bits per heavy atom. The van der Waals surface area contributed by atoms with Crippen LogP contribution in [0.5, 0.6) is 0 Å². The highest BCUT2D eigenvalue weighted by Crippen LogP contribution is 2.25. The van der Waals surface area contributed by atoms with E-state index in [0.29, 0.717) is 5.95 Å². The Balaban J connectivity index is 1.86. The van der Waals surface area contributed by atoms with Crippen LogP contribution >= 0.6 is 15.9 Å². The summed E-state index contributed by atoms with van der Waals surface area (Å²) in [5.74, 6) is 1.46. The van der Waals surface area contributed by atoms with Crippen LogP contribution in [0.3, 0.4) is 0 Å². The molecule has 1 heterocycles. The molecule has 0 atom stereocenters. The second kappa shape index (κ2) is 7.45. The number of hydrogen-bond acceptors (Lipinski definition) is 4. The molecule has 1 N–H and O–H groups in total. The third-order valence-corrected chi connectivity index (χ3v) is 4.59. The second-order valence-electron chi connectivity index (χ2n) is 5.41. The number of benzene rings is 2. The quantitative estimate of drug-likeness (QED) is 0.636. The number of nitrogens with one attached hydrogen (secondary N) is 1. The summed E-state index contributed by atoms with van der Waals surface area (Å²) in [6, 6.07) is 18.2. The van der Waals surface area contributed by atoms with Gasteiger partial charge in [-0.3, -0.25) is 0 Å². The fourth-order valence-corrected chi connectivity index (χ4v) is 2.71. The molecule has 0 fully saturated rings. The van der Waals surface area contributed by atoms with Crippen molar-refractivity contribution in [1.82, 2.24) is 9.97 Å². The highest BCUT2D eigenvalue weighted by Gasteiger charge is 2.10. The maximum Gasteiger partial charge on any atom is 0.231 e. The Bertz CT molecular complexity index is 821. The van der Waals surface area contributed by atoms with Gasteiger partial charge in [-0.05, 0) is 55.8 Å². The van der Waals surface area contributed by atoms with Crippen LogP contribution in [-0.4, -0.2) is 16.5 Å². The van der Waals surface area contributed by atoms with Crippen molar-refractivity contribution < 1.29 is 0 Å². The van der Waals surface area contributed by atoms with E-state index in [-0.39, 0.29) is 0 Å². The first-order valence-corrected chi connectivity index (χ1v) is 8.65. The second-order valence-corrected chi connectivity index (χ2v) is 6.26. The van der Waals surface area contributed by atoms with E-state index in [2.05, 4.69) is 68.2 Å². The van der Waals surface area contributed by atoms with E-state index in [0.717, 1.165) is 28.2 Å². The Morgan fingerprint density at radius 1 is 1.08 bits per heavy atom. The number of aryl methyl sites for hydroxylation is 1. The molecular formula is C19H19BrN4. The van der Waals surface area contributed by atoms with Crippen molar-refractivity contribution >= 4 is 39.1 Å². The van der Waals surface area contributed by atoms with Crippen molar-refractivity contribution in [3.05, 3.63) is 70.8 Å². The summed E-state index contributed by atoms with van der Waals surface area (Å²) < 4.78 is 1.10. The predicted molar refractivity (Wildman–Crippen MR) is 103 cm³/mol. The molecule has 0 unspecified atom stereocenters. The summed E-state index contributed by atoms with van der Waals surface area (Å²) in [7, 11) is 0. The molecule has 122 valence electrons. The fourth-order valence-electron chi connectivity index (χ4n) is 2.47. The summed E-state index contributed by atoms with van der Waals surface area (Å²) in [4.78, 5) is 11.2. The van der Waals surface area contributed by atoms with Gasteiger partial charge >= 0.3 is 0 Å². The van der Waals surface area contributed by atoms with Crippen molar-refractivity contribution in [1.29, 1.82) is 0 Å². The average molecular weight is 383 g/mol. The Morgan fingerprint density at radius 3 is 2.58 bits per heavy atom. The van der Waals surface area contributed by atoms with E-state index in [1.807, 2.05) is 36.4 Å². The molecule has 0 aliphatic rings. The first-order chi connectivity index (χ1) is 11.7. The van der Waals surface area contributed by atoms with Gasteiger partial charge in [0.1, 0.15) is 5.82 Å². The first kappa shape index (κ1) is 16.5. The lowest BCUT2D eigenvalue weighted by molar-refractivity contribution is 0.948. The minimum Gasteiger partial charge on any atom is -0.340 e. The fraction of sp³-hybridized carbons (Fsp3) is 0.158. The van der Waals surface area contributed by atoms with Gasteiger partial charge in [0.05, 0.1) is 0 Å². The van der Waals surface area contributed by atoms with Crippen molar-refractivity contribution in [2.24, 2.45) is 0 Å². The predicted octanol–water partition coefficient (Wildman–Crippen LogP) is 5.45. The number of halogens is 1. The number of nitrogens with zero attached hydrogens (tertiary/aromatic N) is 3. The molecule has 0 saturated heterocycles. The minimum atomic E-state index is 0.683. The monoisotopic (exact) mass is 382 g/mol. The molecule has 5 heteroatoms. The molecule has 3 aromatic rings. The Hall–Kier alpha value is -2.40. The van der Waals surface area contributed by atoms with Crippen LogP contribution in [0.1, 0.15) is 12.5 Å². The molecule has 0 saturated carbocycles. The molecule has 2 aromatic carbocycles. The van der Waals surface area contributed by atoms with E-state index < -0.39 is 0 Å². The maximum absolute atomic E-state index is 4.66. The largest absolute Gasteiger partial charge is 0.340 e. The van der Waals surface area contributed by atoms with Crippen LogP contribution in [0.2, 0.25) is 0 Å². The molecule has 0 amide bonds. The molecule has 0 aliphatic carbocycles. The summed E-state index contributed by atoms with van der Waals surface area (Å²) in [6.07, 6.45) is 1.78. The first-order valence-electron chi connectivity index (χ1n) is 7.86. The standard InChI is InChI=1S/C19H19BrN4/c1-3-24(16-7-5-4-6-8-16)19-21-12-11-18(23-19)22-15-9-10-17(20)14(2)13-15/h4-13H,3H2,1-2H3,(H,21,22,23). The van der Waals surface area contributed by atoms with E-state index in [9.17, 15) is 0 Å². The molecule has 3 rings (SSSR count). The Kier molecular flexibility index (Phi) is 5.11. The van der Waals surface area contributed by atoms with Crippen molar-refractivity contribution in [3.8, 4) is 0 Å². The van der Waals surface area contributed by atoms with Gasteiger partial charge in [0, 0.05) is 28.6 Å². The number of rotatable bonds is 5. The lowest BCUT2D eigenvalue weighted by Gasteiger charge is -2.21. The highest BCUT2D eigenvalue weighted by molar-refractivity contribution is 9.10. The smallest absolute Gasteiger partial charge is 0.231 e. The molecule has 1 aromatic heterocycles. The van der Waals surface area contributed by atoms with E-state index >= 15 is 0 Å². The number of aromatic nitrogens is 2. The zero-order chi connectivity index (χ0) is 16.9. The normalized spacial score (nSPS) is 10.5. The molecule has 0 radical (unpaired) electrons. The van der Waals surface area contributed by atoms with Gasteiger partial charge in [-0.15, -0.1) is 0 Å². The molecule has 0 spiro atoms. The highest BCUT2D eigenvalue weighted by atomic mass is 79.9. The van der Waals surface area contributed by atoms with E-state index in [4.69, 9.17) is 0 Å². The van der Waals surface area contributed by atoms with Gasteiger partial charge in [-0.2, -0.15) is 4.98 Å². The number of para-hydroxylation sites is 1. The van der Waals surface area contributed by atoms with Gasteiger partial charge in [-0.25, -0.2) is 4.98 Å². The molecule has 0 aliphatic heterocycles. The molecule has 0 bridgehead atoms. The van der Waals surface area contributed by atoms with Gasteiger partial charge in [-0.1, -0.05) is 34.1 Å². The number of anilines is 4. The maximum atomic E-state index is 4.66. The van der Waals surface area contributed by atoms with Gasteiger partial charge in [0.2, 0.25) is 5.95 Å². The lowest BCUT2D eigenvalue weighted by atomic mass is 10.2. The van der Waals surface area contributed by atoms with Gasteiger partial charge < -0.3 is 10.2 Å². The lowest BCUT2D eigenvalue weighted by Crippen LogP contribution is -2.18. The van der Waals surface area contributed by atoms with Crippen molar-refractivity contribution in [2.45, 2.75) is 13.8 Å². The SMILES string of the molecule is CCN(c1ccccc1)c1nccc(Nc2ccc(Br)c(C)c2)n1. The molecular weight excluding hydrogens is 364 g/mol. The van der Waals surface area contributed by atoms with Crippen LogP contribution in [0.4, 0.5) is 23.1 Å². The summed E-state index contributed by atoms with van der Waals surface area (Å²) >= 11 is 3.52. The van der Waals surface area contributed by atoms with Crippen molar-refractivity contribution in [3.63, 3.8) is 0 Å². The third kappa shape index (κ3) is 3.74. The van der Waals surface area contributed by atoms with Crippen LogP contribution in [-0.2, 0) is 0 Å². The van der Waals surface area contributed by atoms with Crippen LogP contribution in [0.15, 0.2) is 65.3 Å². The van der Waals surface area contributed by atoms with Crippen LogP contribution < -0.4 is 10.2 Å². The van der Waals surface area contributed by atoms with E-state index in [1.165, 1.54) is 5.56 Å². The van der Waals surface area contributed by atoms with Gasteiger partial charge in [0.15, 0.2) is 0 Å². The summed E-state index contributed by atoms with van der Waals surface area (Å²) in [5, 5.41) is 3.34. The topological polar surface area (TPSA) is 41.1 Å². The van der Waals surface area contributed by atoms with Crippen molar-refractivity contribution in [2.75, 3.05) is 16.8 Å². The minimum absolute atomic E-state index is 0.683. The summed E-state index contributed by atoms with van der Waals surface area (Å²) in [6.45, 7) is 4.95. The van der Waals surface area contributed by atoms with Crippen LogP contribution in [0, 0.1) is 6.92 Å². The van der Waals surface area contributed by atoms with Crippen LogP contribution in [0.25, 0.3) is 0 Å². The van der Waals surface area contributed by atoms with E-state index in [1.54, 1.807) is 6.20 Å². The molecule has 4 nitrogen and oxygen atoms in total. The Labute approximate surface area is 150 Å². The average Bonchev–Trinajstić information content (AvgIpc) is 2.60.